The van der Waals surface area contributed by atoms with Gasteiger partial charge in [0.1, 0.15) is 31.0 Å². The highest BCUT2D eigenvalue weighted by Crippen LogP contribution is 2.00. The van der Waals surface area contributed by atoms with Gasteiger partial charge in [-0.25, -0.2) is 28.8 Å². The van der Waals surface area contributed by atoms with Crippen LogP contribution in [0.5, 0.6) is 0 Å². The van der Waals surface area contributed by atoms with Gasteiger partial charge in [-0.05, 0) is 41.5 Å². The van der Waals surface area contributed by atoms with Gasteiger partial charge in [0.15, 0.2) is 0 Å². The second-order valence-electron chi connectivity index (χ2n) is 7.13. The molecule has 0 fully saturated rings. The van der Waals surface area contributed by atoms with Gasteiger partial charge >= 0.3 is 35.8 Å². The van der Waals surface area contributed by atoms with E-state index in [2.05, 4.69) is 54.7 Å². The Kier molecular flexibility index (Phi) is 31.6. The van der Waals surface area contributed by atoms with Crippen molar-refractivity contribution in [1.82, 2.24) is 0 Å². The molecule has 0 rings (SSSR count). The number of carbonyl (C=O) groups excluding carboxylic acids is 6. The maximum atomic E-state index is 11.3. The number of esters is 6. The predicted molar refractivity (Wildman–Crippen MR) is 151 cm³/mol. The quantitative estimate of drug-likeness (QED) is 0.0722. The zero-order chi connectivity index (χ0) is 33.7. The molecule has 0 unspecified atom stereocenters. The van der Waals surface area contributed by atoms with Crippen molar-refractivity contribution in [2.24, 2.45) is 0 Å². The summed E-state index contributed by atoms with van der Waals surface area (Å²) in [4.78, 5) is 65.5. The predicted octanol–water partition coefficient (Wildman–Crippen LogP) is 1.53. The summed E-state index contributed by atoms with van der Waals surface area (Å²) in [6.45, 7) is 23.3. The summed E-state index contributed by atoms with van der Waals surface area (Å²) in [5, 5.41) is 15.8. The number of aliphatic hydroxyl groups is 2. The highest BCUT2D eigenvalue weighted by Gasteiger charge is 2.18. The zero-order valence-electron chi connectivity index (χ0n) is 25.3. The Morgan fingerprint density at radius 1 is 0.476 bits per heavy atom. The van der Waals surface area contributed by atoms with E-state index in [9.17, 15) is 28.8 Å². The van der Waals surface area contributed by atoms with Crippen molar-refractivity contribution in [3.8, 4) is 0 Å². The van der Waals surface area contributed by atoms with Gasteiger partial charge in [0.25, 0.3) is 0 Å². The summed E-state index contributed by atoms with van der Waals surface area (Å²) < 4.78 is 27.4. The van der Waals surface area contributed by atoms with Crippen molar-refractivity contribution >= 4 is 35.8 Å². The molecule has 0 aromatic carbocycles. The third kappa shape index (κ3) is 27.3. The summed E-state index contributed by atoms with van der Waals surface area (Å²) in [5.74, 6) is -4.22. The third-order valence-corrected chi connectivity index (χ3v) is 3.38. The Bertz CT molecular complexity index is 898. The van der Waals surface area contributed by atoms with Gasteiger partial charge in [-0.1, -0.05) is 26.3 Å². The van der Waals surface area contributed by atoms with Gasteiger partial charge in [0.05, 0.1) is 26.4 Å². The number of hydrogen-bond donors (Lipinski definition) is 2. The number of hydrogen-bond acceptors (Lipinski definition) is 14. The first-order chi connectivity index (χ1) is 19.6. The standard InChI is InChI=1S/C12H16O6.C8H12O4.C6H10O3.C2H6O/c1-5-16-11(14)9(4)12(15)18-7-6-17-10(13)8(2)3;1-4-11-7(9)6(3)8(10)12-5-2;1-5(2)6(8)9-4-3-7;1-2-3/h2,4-7H2,1,3H3;3-5H2,1-2H3;7H,1,3-4H2,2H3;3H,2H2,1H3. The average Bonchev–Trinajstić information content (AvgIpc) is 2.94. The van der Waals surface area contributed by atoms with Crippen molar-refractivity contribution in [3.05, 3.63) is 48.6 Å². The molecule has 240 valence electrons. The fraction of sp³-hybridized carbons (Fsp3) is 0.500. The summed E-state index contributed by atoms with van der Waals surface area (Å²) in [5.41, 5.74) is -0.0671. The molecule has 0 aliphatic heterocycles. The molecule has 0 aliphatic rings. The first kappa shape index (κ1) is 44.7. The van der Waals surface area contributed by atoms with Crippen LogP contribution in [0.4, 0.5) is 0 Å². The lowest BCUT2D eigenvalue weighted by atomic mass is 10.3. The van der Waals surface area contributed by atoms with Crippen molar-refractivity contribution in [2.45, 2.75) is 41.5 Å². The number of carbonyl (C=O) groups is 6. The molecular weight excluding hydrogens is 560 g/mol. The largest absolute Gasteiger partial charge is 0.462 e. The molecule has 0 amide bonds. The second kappa shape index (κ2) is 29.7. The number of rotatable bonds is 14. The fourth-order valence-corrected chi connectivity index (χ4v) is 1.56. The summed E-state index contributed by atoms with van der Waals surface area (Å²) >= 11 is 0. The lowest BCUT2D eigenvalue weighted by Gasteiger charge is -2.07. The lowest BCUT2D eigenvalue weighted by molar-refractivity contribution is -0.151. The van der Waals surface area contributed by atoms with Crippen LogP contribution in [0.15, 0.2) is 48.6 Å². The molecular formula is C28H44O14. The van der Waals surface area contributed by atoms with Gasteiger partial charge in [0.2, 0.25) is 0 Å². The van der Waals surface area contributed by atoms with Crippen molar-refractivity contribution in [2.75, 3.05) is 52.9 Å². The Labute approximate surface area is 246 Å². The van der Waals surface area contributed by atoms with E-state index in [-0.39, 0.29) is 64.0 Å². The Hall–Kier alpha value is -4.30. The van der Waals surface area contributed by atoms with Gasteiger partial charge in [-0.2, -0.15) is 0 Å². The zero-order valence-corrected chi connectivity index (χ0v) is 25.3. The monoisotopic (exact) mass is 604 g/mol. The molecule has 14 heteroatoms. The summed E-state index contributed by atoms with van der Waals surface area (Å²) in [6, 6.07) is 0. The van der Waals surface area contributed by atoms with E-state index in [1.165, 1.54) is 6.92 Å². The van der Waals surface area contributed by atoms with E-state index in [0.717, 1.165) is 0 Å². The van der Waals surface area contributed by atoms with E-state index in [1.807, 2.05) is 0 Å². The fourth-order valence-electron chi connectivity index (χ4n) is 1.56. The van der Waals surface area contributed by atoms with Crippen LogP contribution in [0.2, 0.25) is 0 Å². The molecule has 0 aliphatic carbocycles. The van der Waals surface area contributed by atoms with Crippen LogP contribution in [0, 0.1) is 0 Å². The number of aliphatic hydroxyl groups excluding tert-OH is 2. The normalized spacial score (nSPS) is 8.76. The maximum Gasteiger partial charge on any atom is 0.345 e. The van der Waals surface area contributed by atoms with Crippen LogP contribution in [-0.4, -0.2) is 98.9 Å². The minimum Gasteiger partial charge on any atom is -0.462 e. The molecule has 0 heterocycles. The maximum absolute atomic E-state index is 11.3. The summed E-state index contributed by atoms with van der Waals surface area (Å²) in [6.07, 6.45) is 0. The Balaban J connectivity index is -0.000000260. The van der Waals surface area contributed by atoms with Crippen LogP contribution >= 0.6 is 0 Å². The van der Waals surface area contributed by atoms with Crippen molar-refractivity contribution in [3.63, 3.8) is 0 Å². The smallest absolute Gasteiger partial charge is 0.345 e. The van der Waals surface area contributed by atoms with Crippen LogP contribution in [0.3, 0.4) is 0 Å². The molecule has 0 saturated heterocycles. The van der Waals surface area contributed by atoms with E-state index in [1.54, 1.807) is 34.6 Å². The van der Waals surface area contributed by atoms with Gasteiger partial charge in [-0.3, -0.25) is 0 Å². The molecule has 0 spiro atoms. The van der Waals surface area contributed by atoms with Gasteiger partial charge in [0, 0.05) is 17.8 Å². The molecule has 0 aromatic rings. The molecule has 2 N–H and O–H groups in total. The minimum absolute atomic E-state index is 0.0473. The molecule has 0 radical (unpaired) electrons. The van der Waals surface area contributed by atoms with E-state index in [4.69, 9.17) is 10.2 Å². The van der Waals surface area contributed by atoms with Crippen molar-refractivity contribution in [1.29, 1.82) is 0 Å². The highest BCUT2D eigenvalue weighted by atomic mass is 16.6. The SMILES string of the molecule is C=C(C(=O)OCC)C(=O)OCC.C=C(C)C(=O)OCCO.C=C(C)C(=O)OCCOC(=O)C(=C)C(=O)OCC.CCO. The first-order valence-corrected chi connectivity index (χ1v) is 12.6. The van der Waals surface area contributed by atoms with Crippen LogP contribution in [-0.2, 0) is 57.2 Å². The molecule has 0 atom stereocenters. The average molecular weight is 605 g/mol. The van der Waals surface area contributed by atoms with Crippen molar-refractivity contribution < 1.29 is 67.4 Å². The molecule has 0 bridgehead atoms. The molecule has 0 saturated carbocycles. The Morgan fingerprint density at radius 2 is 0.714 bits per heavy atom. The molecule has 0 aromatic heterocycles. The Morgan fingerprint density at radius 3 is 0.952 bits per heavy atom. The van der Waals surface area contributed by atoms with E-state index in [0.29, 0.717) is 5.57 Å². The van der Waals surface area contributed by atoms with E-state index < -0.39 is 41.4 Å². The van der Waals surface area contributed by atoms with Gasteiger partial charge < -0.3 is 38.6 Å². The number of ether oxygens (including phenoxy) is 6. The van der Waals surface area contributed by atoms with Crippen LogP contribution < -0.4 is 0 Å². The highest BCUT2D eigenvalue weighted by molar-refractivity contribution is 6.13. The van der Waals surface area contributed by atoms with E-state index >= 15 is 0 Å². The lowest BCUT2D eigenvalue weighted by Crippen LogP contribution is -2.20. The topological polar surface area (TPSA) is 198 Å². The second-order valence-corrected chi connectivity index (χ2v) is 7.13. The first-order valence-electron chi connectivity index (χ1n) is 12.6. The molecule has 14 nitrogen and oxygen atoms in total. The minimum atomic E-state index is -0.903. The van der Waals surface area contributed by atoms with Gasteiger partial charge in [-0.15, -0.1) is 0 Å². The van der Waals surface area contributed by atoms with Crippen LogP contribution in [0.25, 0.3) is 0 Å². The summed E-state index contributed by atoms with van der Waals surface area (Å²) in [7, 11) is 0. The molecule has 42 heavy (non-hydrogen) atoms. The van der Waals surface area contributed by atoms with Crippen LogP contribution in [0.1, 0.15) is 41.5 Å². The third-order valence-electron chi connectivity index (χ3n) is 3.38.